The maximum absolute atomic E-state index is 11.8. The van der Waals surface area contributed by atoms with Crippen molar-refractivity contribution in [1.29, 1.82) is 0 Å². The first-order valence-corrected chi connectivity index (χ1v) is 7.65. The molecule has 21 heavy (non-hydrogen) atoms. The van der Waals surface area contributed by atoms with Crippen LogP contribution in [-0.2, 0) is 4.74 Å². The lowest BCUT2D eigenvalue weighted by Gasteiger charge is -2.31. The van der Waals surface area contributed by atoms with Crippen LogP contribution in [0.5, 0.6) is 0 Å². The van der Waals surface area contributed by atoms with Crippen molar-refractivity contribution >= 4 is 6.09 Å². The molecule has 0 unspecified atom stereocenters. The van der Waals surface area contributed by atoms with Crippen LogP contribution in [0.2, 0.25) is 0 Å². The van der Waals surface area contributed by atoms with E-state index >= 15 is 0 Å². The standard InChI is InChI=1S/C16H29N3O2/c1-6-10-19-11-7-14(8-12-19)17-9-13-18(5)15(20)21-16(2,3)4/h1,14,17H,7-13H2,2-5H3. The molecule has 0 aromatic heterocycles. The monoisotopic (exact) mass is 295 g/mol. The first-order valence-electron chi connectivity index (χ1n) is 7.65. The fourth-order valence-electron chi connectivity index (χ4n) is 2.29. The van der Waals surface area contributed by atoms with E-state index in [4.69, 9.17) is 11.2 Å². The highest BCUT2D eigenvalue weighted by Gasteiger charge is 2.20. The van der Waals surface area contributed by atoms with E-state index in [0.717, 1.165) is 39.0 Å². The topological polar surface area (TPSA) is 44.8 Å². The molecule has 1 heterocycles. The van der Waals surface area contributed by atoms with Crippen molar-refractivity contribution < 1.29 is 9.53 Å². The van der Waals surface area contributed by atoms with Crippen LogP contribution >= 0.6 is 0 Å². The fourth-order valence-corrected chi connectivity index (χ4v) is 2.29. The van der Waals surface area contributed by atoms with E-state index in [0.29, 0.717) is 12.6 Å². The van der Waals surface area contributed by atoms with E-state index in [2.05, 4.69) is 16.1 Å². The second kappa shape index (κ2) is 8.26. The van der Waals surface area contributed by atoms with E-state index in [1.165, 1.54) is 0 Å². The van der Waals surface area contributed by atoms with Crippen molar-refractivity contribution in [1.82, 2.24) is 15.1 Å². The third-order valence-corrected chi connectivity index (χ3v) is 3.49. The first kappa shape index (κ1) is 17.8. The molecule has 1 N–H and O–H groups in total. The quantitative estimate of drug-likeness (QED) is 0.782. The predicted molar refractivity (Wildman–Crippen MR) is 85.2 cm³/mol. The second-order valence-corrected chi connectivity index (χ2v) is 6.61. The van der Waals surface area contributed by atoms with Crippen LogP contribution in [0.1, 0.15) is 33.6 Å². The van der Waals surface area contributed by atoms with Gasteiger partial charge in [-0.2, -0.15) is 0 Å². The van der Waals surface area contributed by atoms with Gasteiger partial charge in [-0.15, -0.1) is 6.42 Å². The summed E-state index contributed by atoms with van der Waals surface area (Å²) in [6, 6.07) is 0.520. The van der Waals surface area contributed by atoms with Crippen LogP contribution in [0.4, 0.5) is 4.79 Å². The number of likely N-dealkylation sites (N-methyl/N-ethyl adjacent to an activating group) is 1. The number of hydrogen-bond donors (Lipinski definition) is 1. The lowest BCUT2D eigenvalue weighted by Crippen LogP contribution is -2.45. The molecule has 0 aromatic carbocycles. The molecule has 0 aromatic rings. The maximum Gasteiger partial charge on any atom is 0.410 e. The smallest absolute Gasteiger partial charge is 0.410 e. The van der Waals surface area contributed by atoms with E-state index in [1.54, 1.807) is 11.9 Å². The molecule has 0 bridgehead atoms. The Morgan fingerprint density at radius 1 is 1.43 bits per heavy atom. The third kappa shape index (κ3) is 7.35. The number of ether oxygens (including phenoxy) is 1. The van der Waals surface area contributed by atoms with Crippen LogP contribution in [-0.4, -0.2) is 67.3 Å². The van der Waals surface area contributed by atoms with Crippen molar-refractivity contribution in [3.63, 3.8) is 0 Å². The molecule has 1 rings (SSSR count). The highest BCUT2D eigenvalue weighted by molar-refractivity contribution is 5.67. The van der Waals surface area contributed by atoms with Crippen LogP contribution in [0, 0.1) is 12.3 Å². The van der Waals surface area contributed by atoms with Crippen LogP contribution in [0.3, 0.4) is 0 Å². The van der Waals surface area contributed by atoms with E-state index in [-0.39, 0.29) is 6.09 Å². The number of nitrogens with one attached hydrogen (secondary N) is 1. The summed E-state index contributed by atoms with van der Waals surface area (Å²) in [4.78, 5) is 15.7. The van der Waals surface area contributed by atoms with Gasteiger partial charge in [-0.3, -0.25) is 4.90 Å². The lowest BCUT2D eigenvalue weighted by molar-refractivity contribution is 0.0298. The molecule has 0 atom stereocenters. The van der Waals surface area contributed by atoms with Crippen molar-refractivity contribution in [2.24, 2.45) is 0 Å². The van der Waals surface area contributed by atoms with Crippen LogP contribution in [0.15, 0.2) is 0 Å². The number of piperidine rings is 1. The first-order chi connectivity index (χ1) is 9.81. The number of amides is 1. The summed E-state index contributed by atoms with van der Waals surface area (Å²) in [5, 5.41) is 3.51. The summed E-state index contributed by atoms with van der Waals surface area (Å²) in [6.07, 6.45) is 7.27. The van der Waals surface area contributed by atoms with Gasteiger partial charge in [-0.25, -0.2) is 4.79 Å². The van der Waals surface area contributed by atoms with Gasteiger partial charge < -0.3 is 15.0 Å². The van der Waals surface area contributed by atoms with E-state index < -0.39 is 5.60 Å². The fraction of sp³-hybridized carbons (Fsp3) is 0.812. The number of likely N-dealkylation sites (tertiary alicyclic amines) is 1. The molecule has 120 valence electrons. The largest absolute Gasteiger partial charge is 0.444 e. The highest BCUT2D eigenvalue weighted by Crippen LogP contribution is 2.10. The number of carbonyl (C=O) groups is 1. The highest BCUT2D eigenvalue weighted by atomic mass is 16.6. The van der Waals surface area contributed by atoms with E-state index in [9.17, 15) is 4.79 Å². The molecule has 5 nitrogen and oxygen atoms in total. The SMILES string of the molecule is C#CCN1CCC(NCCN(C)C(=O)OC(C)(C)C)CC1. The molecule has 0 radical (unpaired) electrons. The Bertz CT molecular complexity index is 363. The van der Waals surface area contributed by atoms with Gasteiger partial charge in [0.05, 0.1) is 6.54 Å². The summed E-state index contributed by atoms with van der Waals surface area (Å²) in [6.45, 7) is 9.90. The summed E-state index contributed by atoms with van der Waals surface area (Å²) < 4.78 is 5.32. The number of nitrogens with zero attached hydrogens (tertiary/aromatic N) is 2. The zero-order chi connectivity index (χ0) is 15.9. The Labute approximate surface area is 129 Å². The van der Waals surface area contributed by atoms with Crippen molar-refractivity contribution in [2.75, 3.05) is 39.8 Å². The van der Waals surface area contributed by atoms with Gasteiger partial charge in [0.25, 0.3) is 0 Å². The Balaban J connectivity index is 2.17. The Morgan fingerprint density at radius 3 is 2.57 bits per heavy atom. The van der Waals surface area contributed by atoms with Gasteiger partial charge in [0, 0.05) is 39.3 Å². The molecular weight excluding hydrogens is 266 g/mol. The summed E-state index contributed by atoms with van der Waals surface area (Å²) in [5.74, 6) is 2.69. The average Bonchev–Trinajstić information content (AvgIpc) is 2.39. The van der Waals surface area contributed by atoms with Crippen LogP contribution in [0.25, 0.3) is 0 Å². The maximum atomic E-state index is 11.8. The molecule has 1 amide bonds. The number of terminal acetylenes is 1. The minimum atomic E-state index is -0.442. The molecule has 5 heteroatoms. The average molecular weight is 295 g/mol. The number of rotatable bonds is 5. The van der Waals surface area contributed by atoms with Gasteiger partial charge in [0.1, 0.15) is 5.60 Å². The number of carbonyl (C=O) groups excluding carboxylic acids is 1. The van der Waals surface area contributed by atoms with Gasteiger partial charge >= 0.3 is 6.09 Å². The molecule has 1 saturated heterocycles. The van der Waals surface area contributed by atoms with Gasteiger partial charge in [0.15, 0.2) is 0 Å². The van der Waals surface area contributed by atoms with Gasteiger partial charge in [-0.05, 0) is 33.6 Å². The third-order valence-electron chi connectivity index (χ3n) is 3.49. The summed E-state index contributed by atoms with van der Waals surface area (Å²) in [7, 11) is 1.77. The molecule has 1 aliphatic rings. The second-order valence-electron chi connectivity index (χ2n) is 6.61. The Morgan fingerprint density at radius 2 is 2.05 bits per heavy atom. The molecule has 0 saturated carbocycles. The lowest BCUT2D eigenvalue weighted by atomic mass is 10.1. The molecule has 0 aliphatic carbocycles. The van der Waals surface area contributed by atoms with Gasteiger partial charge in [0.2, 0.25) is 0 Å². The van der Waals surface area contributed by atoms with Crippen molar-refractivity contribution in [2.45, 2.75) is 45.3 Å². The summed E-state index contributed by atoms with van der Waals surface area (Å²) in [5.41, 5.74) is -0.442. The zero-order valence-electron chi connectivity index (χ0n) is 13.8. The molecule has 1 aliphatic heterocycles. The van der Waals surface area contributed by atoms with Crippen molar-refractivity contribution in [3.8, 4) is 12.3 Å². The Hall–Kier alpha value is -1.25. The minimum absolute atomic E-state index is 0.270. The predicted octanol–water partition coefficient (Wildman–Crippen LogP) is 1.54. The van der Waals surface area contributed by atoms with Crippen LogP contribution < -0.4 is 5.32 Å². The normalized spacial score (nSPS) is 17.3. The zero-order valence-corrected chi connectivity index (χ0v) is 13.8. The Kier molecular flexibility index (Phi) is 7.00. The number of hydrogen-bond acceptors (Lipinski definition) is 4. The molecule has 1 fully saturated rings. The van der Waals surface area contributed by atoms with Gasteiger partial charge in [-0.1, -0.05) is 5.92 Å². The van der Waals surface area contributed by atoms with Crippen molar-refractivity contribution in [3.05, 3.63) is 0 Å². The minimum Gasteiger partial charge on any atom is -0.444 e. The molecule has 0 spiro atoms. The van der Waals surface area contributed by atoms with E-state index in [1.807, 2.05) is 20.8 Å². The summed E-state index contributed by atoms with van der Waals surface area (Å²) >= 11 is 0. The molecular formula is C16H29N3O2.